The van der Waals surface area contributed by atoms with Gasteiger partial charge in [-0.25, -0.2) is 4.79 Å². The second kappa shape index (κ2) is 8.06. The third-order valence-electron chi connectivity index (χ3n) is 4.35. The summed E-state index contributed by atoms with van der Waals surface area (Å²) in [5, 5.41) is 0.693. The molecule has 1 aliphatic heterocycles. The van der Waals surface area contributed by atoms with E-state index in [1.165, 1.54) is 0 Å². The molecule has 3 aromatic rings. The number of esters is 1. The minimum absolute atomic E-state index is 0.396. The Balaban J connectivity index is 1.47. The topological polar surface area (TPSA) is 47.9 Å². The van der Waals surface area contributed by atoms with Crippen molar-refractivity contribution < 1.29 is 14.3 Å². The number of cyclic esters (lactones) is 1. The fourth-order valence-electron chi connectivity index (χ4n) is 2.89. The fourth-order valence-corrected chi connectivity index (χ4v) is 3.01. The minimum Gasteiger partial charge on any atom is -0.452 e. The molecule has 148 valence electrons. The quantitative estimate of drug-likeness (QED) is 0.303. The van der Waals surface area contributed by atoms with Gasteiger partial charge in [0.25, 0.3) is 0 Å². The molecule has 0 atom stereocenters. The van der Waals surface area contributed by atoms with E-state index in [1.807, 2.05) is 48.5 Å². The van der Waals surface area contributed by atoms with Crippen molar-refractivity contribution in [2.75, 3.05) is 0 Å². The van der Waals surface area contributed by atoms with E-state index in [0.717, 1.165) is 16.7 Å². The fraction of sp³-hybridized carbons (Fsp3) is 0.120. The summed E-state index contributed by atoms with van der Waals surface area (Å²) < 4.78 is 10.9. The van der Waals surface area contributed by atoms with Crippen LogP contribution in [0, 0.1) is 11.8 Å². The highest BCUT2D eigenvalue weighted by Crippen LogP contribution is 2.34. The average molecular weight is 416 g/mol. The van der Waals surface area contributed by atoms with Crippen LogP contribution in [0.25, 0.3) is 0 Å². The Kier molecular flexibility index (Phi) is 5.31. The lowest BCUT2D eigenvalue weighted by molar-refractivity contribution is -0.127. The van der Waals surface area contributed by atoms with E-state index in [-0.39, 0.29) is 0 Å². The summed E-state index contributed by atoms with van der Waals surface area (Å²) >= 11 is 5.89. The Morgan fingerprint density at radius 2 is 1.53 bits per heavy atom. The first-order chi connectivity index (χ1) is 14.4. The van der Waals surface area contributed by atoms with Gasteiger partial charge in [0.2, 0.25) is 5.79 Å². The van der Waals surface area contributed by atoms with Crippen molar-refractivity contribution in [2.24, 2.45) is 4.99 Å². The molecule has 30 heavy (non-hydrogen) atoms. The van der Waals surface area contributed by atoms with Gasteiger partial charge in [0.15, 0.2) is 0 Å². The third kappa shape index (κ3) is 4.71. The number of halogens is 1. The van der Waals surface area contributed by atoms with Crippen LogP contribution in [0.2, 0.25) is 5.02 Å². The Morgan fingerprint density at radius 1 is 0.900 bits per heavy atom. The van der Waals surface area contributed by atoms with E-state index in [2.05, 4.69) is 16.8 Å². The summed E-state index contributed by atoms with van der Waals surface area (Å²) in [6.07, 6.45) is 1.75. The number of hydrogen-bond donors (Lipinski definition) is 0. The molecule has 0 N–H and O–H groups in total. The molecule has 0 saturated carbocycles. The zero-order valence-corrected chi connectivity index (χ0v) is 17.2. The zero-order valence-electron chi connectivity index (χ0n) is 16.5. The molecule has 1 aliphatic rings. The molecule has 0 radical (unpaired) electrons. The summed E-state index contributed by atoms with van der Waals surface area (Å²) in [4.78, 5) is 16.5. The molecule has 5 heteroatoms. The number of nitrogens with zero attached hydrogens (tertiary/aromatic N) is 1. The second-order valence-corrected chi connectivity index (χ2v) is 7.65. The van der Waals surface area contributed by atoms with Crippen LogP contribution in [-0.2, 0) is 4.74 Å². The van der Waals surface area contributed by atoms with Gasteiger partial charge in [0.05, 0.1) is 5.69 Å². The summed E-state index contributed by atoms with van der Waals surface area (Å²) in [7, 11) is 0. The van der Waals surface area contributed by atoms with Gasteiger partial charge < -0.3 is 9.47 Å². The molecule has 0 bridgehead atoms. The van der Waals surface area contributed by atoms with E-state index < -0.39 is 11.8 Å². The Bertz CT molecular complexity index is 1180. The number of fused-ring (bicyclic) bond motifs is 1. The van der Waals surface area contributed by atoms with Crippen molar-refractivity contribution in [2.45, 2.75) is 19.6 Å². The van der Waals surface area contributed by atoms with Crippen molar-refractivity contribution >= 4 is 29.5 Å². The second-order valence-electron chi connectivity index (χ2n) is 7.21. The largest absolute Gasteiger partial charge is 0.452 e. The van der Waals surface area contributed by atoms with Gasteiger partial charge in [-0.1, -0.05) is 35.6 Å². The van der Waals surface area contributed by atoms with Crippen molar-refractivity contribution in [3.8, 4) is 17.6 Å². The molecule has 3 aromatic carbocycles. The minimum atomic E-state index is -0.991. The van der Waals surface area contributed by atoms with Crippen LogP contribution in [0.3, 0.4) is 0 Å². The standard InChI is InChI=1S/C25H18ClNO3/c1-25(2)29-23-15-21(13-14-22(23)24(28)30-25)27-16-19-7-5-17(6-8-19)3-4-18-9-11-20(26)12-10-18/h5-16H,1-2H3/b27-16-. The summed E-state index contributed by atoms with van der Waals surface area (Å²) in [5.41, 5.74) is 3.84. The molecule has 0 aliphatic carbocycles. The first-order valence-corrected chi connectivity index (χ1v) is 9.74. The van der Waals surface area contributed by atoms with E-state index in [9.17, 15) is 4.79 Å². The van der Waals surface area contributed by atoms with Gasteiger partial charge in [-0.15, -0.1) is 0 Å². The number of carbonyl (C=O) groups excluding carboxylic acids is 1. The molecule has 0 fully saturated rings. The van der Waals surface area contributed by atoms with Gasteiger partial charge in [0, 0.05) is 42.3 Å². The van der Waals surface area contributed by atoms with Crippen LogP contribution in [0.4, 0.5) is 5.69 Å². The van der Waals surface area contributed by atoms with E-state index in [4.69, 9.17) is 21.1 Å². The maximum absolute atomic E-state index is 12.0. The van der Waals surface area contributed by atoms with Crippen molar-refractivity contribution in [1.82, 2.24) is 0 Å². The van der Waals surface area contributed by atoms with Crippen LogP contribution in [0.5, 0.6) is 5.75 Å². The maximum atomic E-state index is 12.0. The van der Waals surface area contributed by atoms with Gasteiger partial charge in [-0.2, -0.15) is 0 Å². The molecule has 0 unspecified atom stereocenters. The Hall–Kier alpha value is -3.55. The van der Waals surface area contributed by atoms with Crippen molar-refractivity contribution in [3.05, 3.63) is 94.0 Å². The summed E-state index contributed by atoms with van der Waals surface area (Å²) in [5.74, 6) is 5.32. The number of ether oxygens (including phenoxy) is 2. The lowest BCUT2D eigenvalue weighted by Gasteiger charge is -2.31. The number of hydrogen-bond acceptors (Lipinski definition) is 4. The lowest BCUT2D eigenvalue weighted by Crippen LogP contribution is -2.38. The zero-order chi connectivity index (χ0) is 21.1. The number of carbonyl (C=O) groups is 1. The molecule has 1 heterocycles. The number of benzene rings is 3. The number of rotatable bonds is 2. The smallest absolute Gasteiger partial charge is 0.345 e. The van der Waals surface area contributed by atoms with Crippen LogP contribution in [-0.4, -0.2) is 18.0 Å². The first kappa shape index (κ1) is 19.8. The first-order valence-electron chi connectivity index (χ1n) is 9.36. The molecule has 0 spiro atoms. The van der Waals surface area contributed by atoms with Crippen LogP contribution < -0.4 is 4.74 Å². The predicted octanol–water partition coefficient (Wildman–Crippen LogP) is 5.78. The third-order valence-corrected chi connectivity index (χ3v) is 4.60. The lowest BCUT2D eigenvalue weighted by atomic mass is 10.1. The van der Waals surface area contributed by atoms with Crippen LogP contribution in [0.1, 0.15) is 40.9 Å². The SMILES string of the molecule is CC1(C)OC(=O)c2ccc(/N=C\c3ccc(C#Cc4ccc(Cl)cc4)cc3)cc2O1. The highest BCUT2D eigenvalue weighted by Gasteiger charge is 2.33. The molecular weight excluding hydrogens is 398 g/mol. The Labute approximate surface area is 180 Å². The van der Waals surface area contributed by atoms with E-state index >= 15 is 0 Å². The average Bonchev–Trinajstić information content (AvgIpc) is 2.71. The molecule has 4 nitrogen and oxygen atoms in total. The monoisotopic (exact) mass is 415 g/mol. The summed E-state index contributed by atoms with van der Waals surface area (Å²) in [6, 6.07) is 20.4. The van der Waals surface area contributed by atoms with Crippen molar-refractivity contribution in [3.63, 3.8) is 0 Å². The molecule has 0 saturated heterocycles. The molecule has 0 amide bonds. The number of aliphatic imine (C=N–C) groups is 1. The predicted molar refractivity (Wildman–Crippen MR) is 118 cm³/mol. The van der Waals surface area contributed by atoms with Gasteiger partial charge in [0.1, 0.15) is 11.3 Å². The van der Waals surface area contributed by atoms with Gasteiger partial charge >= 0.3 is 5.97 Å². The highest BCUT2D eigenvalue weighted by molar-refractivity contribution is 6.30. The Morgan fingerprint density at radius 3 is 2.20 bits per heavy atom. The van der Waals surface area contributed by atoms with Gasteiger partial charge in [-0.3, -0.25) is 4.99 Å². The maximum Gasteiger partial charge on any atom is 0.345 e. The molecular formula is C25H18ClNO3. The highest BCUT2D eigenvalue weighted by atomic mass is 35.5. The summed E-state index contributed by atoms with van der Waals surface area (Å²) in [6.45, 7) is 3.39. The normalized spacial score (nSPS) is 14.3. The van der Waals surface area contributed by atoms with Crippen LogP contribution in [0.15, 0.2) is 71.7 Å². The molecule has 4 rings (SSSR count). The van der Waals surface area contributed by atoms with Gasteiger partial charge in [-0.05, 0) is 54.1 Å². The van der Waals surface area contributed by atoms with E-state index in [0.29, 0.717) is 22.0 Å². The molecule has 0 aromatic heterocycles. The van der Waals surface area contributed by atoms with E-state index in [1.54, 1.807) is 38.3 Å². The van der Waals surface area contributed by atoms with Crippen molar-refractivity contribution in [1.29, 1.82) is 0 Å². The van der Waals surface area contributed by atoms with Crippen LogP contribution >= 0.6 is 11.6 Å².